The number of rotatable bonds is 7. The Labute approximate surface area is 157 Å². The van der Waals surface area contributed by atoms with E-state index in [1.54, 1.807) is 6.92 Å². The maximum Gasteiger partial charge on any atom is 0.321 e. The van der Waals surface area contributed by atoms with Gasteiger partial charge in [-0.05, 0) is 32.3 Å². The first-order chi connectivity index (χ1) is 12.6. The van der Waals surface area contributed by atoms with Gasteiger partial charge in [-0.15, -0.1) is 10.2 Å². The quantitative estimate of drug-likeness (QED) is 0.729. The zero-order chi connectivity index (χ0) is 18.5. The van der Waals surface area contributed by atoms with Crippen LogP contribution in [0.25, 0.3) is 0 Å². The van der Waals surface area contributed by atoms with Gasteiger partial charge in [0.15, 0.2) is 5.16 Å². The van der Waals surface area contributed by atoms with Gasteiger partial charge in [0, 0.05) is 19.0 Å². The summed E-state index contributed by atoms with van der Waals surface area (Å²) in [6.45, 7) is 4.94. The predicted octanol–water partition coefficient (Wildman–Crippen LogP) is 2.68. The van der Waals surface area contributed by atoms with Gasteiger partial charge in [-0.25, -0.2) is 4.79 Å². The molecule has 1 heterocycles. The average molecular weight is 373 g/mol. The minimum atomic E-state index is -0.498. The van der Waals surface area contributed by atoms with Crippen molar-refractivity contribution in [2.45, 2.75) is 56.1 Å². The summed E-state index contributed by atoms with van der Waals surface area (Å²) in [5, 5.41) is 13.8. The Bertz CT molecular complexity index is 773. The molecule has 3 rings (SSSR count). The molecule has 1 aromatic heterocycles. The summed E-state index contributed by atoms with van der Waals surface area (Å²) in [5.41, 5.74) is 0.973. The second-order valence-corrected chi connectivity index (χ2v) is 7.58. The monoisotopic (exact) mass is 373 g/mol. The zero-order valence-electron chi connectivity index (χ0n) is 14.9. The lowest BCUT2D eigenvalue weighted by molar-refractivity contribution is -0.119. The van der Waals surface area contributed by atoms with Gasteiger partial charge in [0.1, 0.15) is 5.82 Å². The summed E-state index contributed by atoms with van der Waals surface area (Å²) in [6.07, 6.45) is 2.31. The molecule has 1 saturated carbocycles. The summed E-state index contributed by atoms with van der Waals surface area (Å²) < 4.78 is 2.06. The van der Waals surface area contributed by atoms with E-state index in [1.807, 2.05) is 37.3 Å². The van der Waals surface area contributed by atoms with Crippen LogP contribution in [0.5, 0.6) is 0 Å². The Morgan fingerprint density at radius 3 is 2.65 bits per heavy atom. The Morgan fingerprint density at radius 2 is 2.00 bits per heavy atom. The molecule has 7 nitrogen and oxygen atoms in total. The van der Waals surface area contributed by atoms with Crippen molar-refractivity contribution in [2.75, 3.05) is 0 Å². The molecule has 0 spiro atoms. The van der Waals surface area contributed by atoms with E-state index < -0.39 is 11.3 Å². The van der Waals surface area contributed by atoms with Gasteiger partial charge < -0.3 is 9.88 Å². The van der Waals surface area contributed by atoms with Gasteiger partial charge in [0.25, 0.3) is 0 Å². The molecule has 138 valence electrons. The normalized spacial score (nSPS) is 14.7. The van der Waals surface area contributed by atoms with Crippen molar-refractivity contribution >= 4 is 23.7 Å². The Morgan fingerprint density at radius 1 is 1.27 bits per heavy atom. The third kappa shape index (κ3) is 4.63. The number of hydrogen-bond donors (Lipinski definition) is 2. The van der Waals surface area contributed by atoms with Crippen molar-refractivity contribution in [3.8, 4) is 0 Å². The molecule has 1 atom stereocenters. The van der Waals surface area contributed by atoms with Crippen molar-refractivity contribution < 1.29 is 9.59 Å². The number of nitrogens with zero attached hydrogens (tertiary/aromatic N) is 3. The van der Waals surface area contributed by atoms with Gasteiger partial charge in [-0.3, -0.25) is 10.1 Å². The smallest absolute Gasteiger partial charge is 0.321 e. The molecule has 0 saturated heterocycles. The van der Waals surface area contributed by atoms with Crippen LogP contribution in [0.15, 0.2) is 35.5 Å². The third-order valence-electron chi connectivity index (χ3n) is 4.19. The summed E-state index contributed by atoms with van der Waals surface area (Å²) in [4.78, 5) is 24.2. The maximum atomic E-state index is 12.3. The van der Waals surface area contributed by atoms with Gasteiger partial charge in [0.2, 0.25) is 5.91 Å². The van der Waals surface area contributed by atoms with E-state index in [9.17, 15) is 9.59 Å². The second kappa shape index (κ2) is 8.35. The predicted molar refractivity (Wildman–Crippen MR) is 99.8 cm³/mol. The molecule has 1 aromatic carbocycles. The number of urea groups is 1. The SMILES string of the molecule is CCn1c(S[C@H](C)C(=O)NC(=O)NCc2ccccc2)nnc1C1CC1. The summed E-state index contributed by atoms with van der Waals surface area (Å²) in [6, 6.07) is 9.04. The van der Waals surface area contributed by atoms with E-state index in [-0.39, 0.29) is 5.91 Å². The summed E-state index contributed by atoms with van der Waals surface area (Å²) in [7, 11) is 0. The van der Waals surface area contributed by atoms with Crippen LogP contribution in [-0.2, 0) is 17.9 Å². The molecule has 0 unspecified atom stereocenters. The number of carbonyl (C=O) groups excluding carboxylic acids is 2. The molecule has 0 bridgehead atoms. The Hall–Kier alpha value is -2.35. The van der Waals surface area contributed by atoms with E-state index in [0.717, 1.165) is 35.9 Å². The lowest BCUT2D eigenvalue weighted by Gasteiger charge is -2.12. The molecule has 2 aromatic rings. The number of nitrogens with one attached hydrogen (secondary N) is 2. The molecule has 1 aliphatic carbocycles. The van der Waals surface area contributed by atoms with Crippen LogP contribution in [0.4, 0.5) is 4.79 Å². The van der Waals surface area contributed by atoms with Gasteiger partial charge in [-0.2, -0.15) is 0 Å². The van der Waals surface area contributed by atoms with Crippen LogP contribution >= 0.6 is 11.8 Å². The van der Waals surface area contributed by atoms with Crippen LogP contribution in [-0.4, -0.2) is 32.0 Å². The van der Waals surface area contributed by atoms with Crippen LogP contribution in [0, 0.1) is 0 Å². The number of benzene rings is 1. The zero-order valence-corrected chi connectivity index (χ0v) is 15.8. The first-order valence-electron chi connectivity index (χ1n) is 8.80. The number of amides is 3. The molecule has 2 N–H and O–H groups in total. The number of hydrogen-bond acceptors (Lipinski definition) is 5. The van der Waals surface area contributed by atoms with Crippen LogP contribution < -0.4 is 10.6 Å². The van der Waals surface area contributed by atoms with Gasteiger partial charge >= 0.3 is 6.03 Å². The van der Waals surface area contributed by atoms with E-state index in [4.69, 9.17) is 0 Å². The van der Waals surface area contributed by atoms with Crippen molar-refractivity contribution in [3.05, 3.63) is 41.7 Å². The lowest BCUT2D eigenvalue weighted by atomic mass is 10.2. The summed E-state index contributed by atoms with van der Waals surface area (Å²) >= 11 is 1.32. The standard InChI is InChI=1S/C18H23N5O2S/c1-3-23-15(14-9-10-14)21-22-18(23)26-12(2)16(24)20-17(25)19-11-13-7-5-4-6-8-13/h4-8,12,14H,3,9-11H2,1-2H3,(H2,19,20,24,25)/t12-/m1/s1. The summed E-state index contributed by atoms with van der Waals surface area (Å²) in [5.74, 6) is 1.16. The molecule has 26 heavy (non-hydrogen) atoms. The highest BCUT2D eigenvalue weighted by atomic mass is 32.2. The molecule has 0 aliphatic heterocycles. The fraction of sp³-hybridized carbons (Fsp3) is 0.444. The lowest BCUT2D eigenvalue weighted by Crippen LogP contribution is -2.42. The molecular weight excluding hydrogens is 350 g/mol. The number of imide groups is 1. The second-order valence-electron chi connectivity index (χ2n) is 6.28. The highest BCUT2D eigenvalue weighted by Gasteiger charge is 2.30. The van der Waals surface area contributed by atoms with Crippen LogP contribution in [0.3, 0.4) is 0 Å². The molecule has 0 radical (unpaired) electrons. The van der Waals surface area contributed by atoms with Crippen molar-refractivity contribution in [3.63, 3.8) is 0 Å². The van der Waals surface area contributed by atoms with Gasteiger partial charge in [0.05, 0.1) is 5.25 Å². The van der Waals surface area contributed by atoms with E-state index in [1.165, 1.54) is 11.8 Å². The maximum absolute atomic E-state index is 12.3. The molecule has 1 fully saturated rings. The third-order valence-corrected chi connectivity index (χ3v) is 5.27. The minimum Gasteiger partial charge on any atom is -0.334 e. The first kappa shape index (κ1) is 18.4. The molecule has 1 aliphatic rings. The molecular formula is C18H23N5O2S. The highest BCUT2D eigenvalue weighted by Crippen LogP contribution is 2.40. The van der Waals surface area contributed by atoms with Crippen LogP contribution in [0.1, 0.15) is 44.0 Å². The fourth-order valence-electron chi connectivity index (χ4n) is 2.58. The molecule has 3 amide bonds. The van der Waals surface area contributed by atoms with E-state index >= 15 is 0 Å². The van der Waals surface area contributed by atoms with Crippen LogP contribution in [0.2, 0.25) is 0 Å². The number of aromatic nitrogens is 3. The number of thioether (sulfide) groups is 1. The van der Waals surface area contributed by atoms with E-state index in [0.29, 0.717) is 12.5 Å². The van der Waals surface area contributed by atoms with Crippen molar-refractivity contribution in [1.82, 2.24) is 25.4 Å². The fourth-order valence-corrected chi connectivity index (χ4v) is 3.50. The minimum absolute atomic E-state index is 0.348. The molecule has 8 heteroatoms. The van der Waals surface area contributed by atoms with Crippen molar-refractivity contribution in [2.24, 2.45) is 0 Å². The first-order valence-corrected chi connectivity index (χ1v) is 9.68. The highest BCUT2D eigenvalue weighted by molar-refractivity contribution is 8.00. The Balaban J connectivity index is 1.50. The largest absolute Gasteiger partial charge is 0.334 e. The van der Waals surface area contributed by atoms with E-state index in [2.05, 4.69) is 25.4 Å². The van der Waals surface area contributed by atoms with Crippen molar-refractivity contribution in [1.29, 1.82) is 0 Å². The van der Waals surface area contributed by atoms with Gasteiger partial charge in [-0.1, -0.05) is 42.1 Å². The average Bonchev–Trinajstić information content (AvgIpc) is 3.41. The number of carbonyl (C=O) groups is 2. The Kier molecular flexibility index (Phi) is 5.92. The topological polar surface area (TPSA) is 88.9 Å².